The standard InChI is InChI=1S/C17H21N9O/c1-25(17-13-2-3-18-15(13)19-9-20-17)12-4-10-6-26(7-11(10)5-12)14(8-27)16-21-23-24-22-16/h2-3,8-12,14H,4-7H2,1H3,(H,18,19,20)(H,21,22,23,24)/t10-,11+,12?,14?. The van der Waals surface area contributed by atoms with E-state index in [0.29, 0.717) is 23.7 Å². The van der Waals surface area contributed by atoms with E-state index in [-0.39, 0.29) is 0 Å². The van der Waals surface area contributed by atoms with E-state index in [2.05, 4.69) is 52.4 Å². The summed E-state index contributed by atoms with van der Waals surface area (Å²) in [4.78, 5) is 28.0. The number of nitrogens with one attached hydrogen (secondary N) is 2. The van der Waals surface area contributed by atoms with Crippen LogP contribution in [0.3, 0.4) is 0 Å². The van der Waals surface area contributed by atoms with Gasteiger partial charge in [-0.1, -0.05) is 5.21 Å². The summed E-state index contributed by atoms with van der Waals surface area (Å²) in [5.74, 6) is 2.56. The monoisotopic (exact) mass is 367 g/mol. The number of carbonyl (C=O) groups is 1. The highest BCUT2D eigenvalue weighted by molar-refractivity contribution is 5.87. The second-order valence-electron chi connectivity index (χ2n) is 7.50. The first kappa shape index (κ1) is 16.3. The van der Waals surface area contributed by atoms with Gasteiger partial charge in [0.1, 0.15) is 30.1 Å². The number of rotatable bonds is 5. The summed E-state index contributed by atoms with van der Waals surface area (Å²) >= 11 is 0. The van der Waals surface area contributed by atoms with Crippen molar-refractivity contribution in [3.8, 4) is 0 Å². The van der Waals surface area contributed by atoms with E-state index in [1.54, 1.807) is 6.33 Å². The molecule has 140 valence electrons. The fraction of sp³-hybridized carbons (Fsp3) is 0.529. The molecule has 3 aromatic heterocycles. The number of hydrogen-bond donors (Lipinski definition) is 2. The number of aldehydes is 1. The lowest BCUT2D eigenvalue weighted by Crippen LogP contribution is -2.34. The number of fused-ring (bicyclic) bond motifs is 2. The number of aromatic nitrogens is 7. The highest BCUT2D eigenvalue weighted by Crippen LogP contribution is 2.43. The quantitative estimate of drug-likeness (QED) is 0.628. The Kier molecular flexibility index (Phi) is 3.85. The third-order valence-electron chi connectivity index (χ3n) is 6.12. The molecule has 10 nitrogen and oxygen atoms in total. The summed E-state index contributed by atoms with van der Waals surface area (Å²) in [5.41, 5.74) is 0.866. The van der Waals surface area contributed by atoms with E-state index >= 15 is 0 Å². The lowest BCUT2D eigenvalue weighted by molar-refractivity contribution is -0.112. The van der Waals surface area contributed by atoms with Crippen LogP contribution in [0.1, 0.15) is 24.7 Å². The van der Waals surface area contributed by atoms with Crippen molar-refractivity contribution in [3.05, 3.63) is 24.4 Å². The molecule has 0 bridgehead atoms. The molecule has 0 radical (unpaired) electrons. The number of nitrogens with zero attached hydrogens (tertiary/aromatic N) is 7. The van der Waals surface area contributed by atoms with Crippen LogP contribution in [0.4, 0.5) is 5.82 Å². The maximum absolute atomic E-state index is 11.6. The van der Waals surface area contributed by atoms with Crippen LogP contribution < -0.4 is 4.90 Å². The van der Waals surface area contributed by atoms with E-state index in [4.69, 9.17) is 0 Å². The Morgan fingerprint density at radius 1 is 1.30 bits per heavy atom. The largest absolute Gasteiger partial charge is 0.356 e. The zero-order chi connectivity index (χ0) is 18.4. The topological polar surface area (TPSA) is 120 Å². The van der Waals surface area contributed by atoms with Crippen LogP contribution in [0.15, 0.2) is 18.6 Å². The van der Waals surface area contributed by atoms with Gasteiger partial charge in [0.15, 0.2) is 5.82 Å². The van der Waals surface area contributed by atoms with Crippen LogP contribution in [0.5, 0.6) is 0 Å². The van der Waals surface area contributed by atoms with Crippen LogP contribution >= 0.6 is 0 Å². The van der Waals surface area contributed by atoms with Gasteiger partial charge < -0.3 is 14.7 Å². The SMILES string of the molecule is CN(c1ncnc2[nH]ccc12)C1C[C@@H]2CN(C(C=O)c3nn[nH]n3)C[C@@H]2C1. The number of tetrazole rings is 1. The van der Waals surface area contributed by atoms with Gasteiger partial charge in [-0.2, -0.15) is 5.21 Å². The van der Waals surface area contributed by atoms with Gasteiger partial charge in [-0.25, -0.2) is 9.97 Å². The van der Waals surface area contributed by atoms with Crippen LogP contribution in [0.2, 0.25) is 0 Å². The van der Waals surface area contributed by atoms with Crippen LogP contribution in [0.25, 0.3) is 11.0 Å². The van der Waals surface area contributed by atoms with E-state index in [1.807, 2.05) is 12.3 Å². The Bertz CT molecular complexity index is 925. The maximum Gasteiger partial charge on any atom is 0.198 e. The molecule has 2 aliphatic rings. The van der Waals surface area contributed by atoms with Gasteiger partial charge in [0.05, 0.1) is 5.39 Å². The Balaban J connectivity index is 1.30. The fourth-order valence-electron chi connectivity index (χ4n) is 4.77. The van der Waals surface area contributed by atoms with Gasteiger partial charge in [0, 0.05) is 32.4 Å². The fourth-order valence-corrected chi connectivity index (χ4v) is 4.77. The molecule has 0 amide bonds. The van der Waals surface area contributed by atoms with Gasteiger partial charge in [0.25, 0.3) is 0 Å². The second-order valence-corrected chi connectivity index (χ2v) is 7.50. The first-order valence-electron chi connectivity index (χ1n) is 9.18. The van der Waals surface area contributed by atoms with E-state index in [0.717, 1.165) is 49.1 Å². The van der Waals surface area contributed by atoms with Crippen molar-refractivity contribution in [2.75, 3.05) is 25.0 Å². The Morgan fingerprint density at radius 3 is 2.81 bits per heavy atom. The lowest BCUT2D eigenvalue weighted by atomic mass is 10.0. The minimum absolute atomic E-state index is 0.410. The van der Waals surface area contributed by atoms with Gasteiger partial charge in [0.2, 0.25) is 0 Å². The third kappa shape index (κ3) is 2.67. The molecule has 3 aromatic rings. The lowest BCUT2D eigenvalue weighted by Gasteiger charge is -2.28. The molecule has 0 aromatic carbocycles. The minimum atomic E-state index is -0.410. The van der Waals surface area contributed by atoms with Crippen molar-refractivity contribution >= 4 is 23.1 Å². The third-order valence-corrected chi connectivity index (χ3v) is 6.12. The first-order valence-corrected chi connectivity index (χ1v) is 9.18. The van der Waals surface area contributed by atoms with Crippen LogP contribution in [-0.2, 0) is 4.79 Å². The van der Waals surface area contributed by atoms with Gasteiger partial charge in [-0.3, -0.25) is 4.90 Å². The number of aromatic amines is 2. The summed E-state index contributed by atoms with van der Waals surface area (Å²) in [6, 6.07) is 2.06. The van der Waals surface area contributed by atoms with Crippen molar-refractivity contribution in [3.63, 3.8) is 0 Å². The number of H-pyrrole nitrogens is 2. The van der Waals surface area contributed by atoms with Crippen molar-refractivity contribution in [1.82, 2.24) is 40.5 Å². The molecular formula is C17H21N9O. The average Bonchev–Trinajstić information content (AvgIpc) is 3.44. The second kappa shape index (κ2) is 6.38. The van der Waals surface area contributed by atoms with Gasteiger partial charge in [-0.15, -0.1) is 10.2 Å². The average molecular weight is 367 g/mol. The van der Waals surface area contributed by atoms with Crippen molar-refractivity contribution in [1.29, 1.82) is 0 Å². The van der Waals surface area contributed by atoms with Crippen molar-refractivity contribution < 1.29 is 4.79 Å². The number of anilines is 1. The molecule has 1 saturated heterocycles. The molecule has 1 aliphatic heterocycles. The Morgan fingerprint density at radius 2 is 2.11 bits per heavy atom. The molecule has 27 heavy (non-hydrogen) atoms. The minimum Gasteiger partial charge on any atom is -0.356 e. The predicted molar refractivity (Wildman–Crippen MR) is 96.8 cm³/mol. The zero-order valence-electron chi connectivity index (χ0n) is 15.0. The molecule has 5 rings (SSSR count). The predicted octanol–water partition coefficient (Wildman–Crippen LogP) is 0.558. The van der Waals surface area contributed by atoms with Crippen molar-refractivity contribution in [2.24, 2.45) is 11.8 Å². The van der Waals surface area contributed by atoms with E-state index < -0.39 is 6.04 Å². The highest BCUT2D eigenvalue weighted by atomic mass is 16.1. The zero-order valence-corrected chi connectivity index (χ0v) is 15.0. The smallest absolute Gasteiger partial charge is 0.198 e. The normalized spacial score (nSPS) is 26.3. The van der Waals surface area contributed by atoms with E-state index in [1.165, 1.54) is 0 Å². The number of likely N-dealkylation sites (tertiary alicyclic amines) is 1. The summed E-state index contributed by atoms with van der Waals surface area (Å²) < 4.78 is 0. The maximum atomic E-state index is 11.6. The molecule has 1 saturated carbocycles. The highest BCUT2D eigenvalue weighted by Gasteiger charge is 2.45. The van der Waals surface area contributed by atoms with Gasteiger partial charge >= 0.3 is 0 Å². The summed E-state index contributed by atoms with van der Waals surface area (Å²) in [5, 5.41) is 15.0. The number of hydrogen-bond acceptors (Lipinski definition) is 8. The Labute approximate surface area is 155 Å². The van der Waals surface area contributed by atoms with Crippen LogP contribution in [-0.4, -0.2) is 72.9 Å². The molecule has 4 atom stereocenters. The molecule has 0 spiro atoms. The van der Waals surface area contributed by atoms with Gasteiger partial charge in [-0.05, 0) is 30.7 Å². The van der Waals surface area contributed by atoms with Crippen molar-refractivity contribution in [2.45, 2.75) is 24.9 Å². The molecule has 10 heteroatoms. The molecule has 4 heterocycles. The molecule has 2 N–H and O–H groups in total. The molecular weight excluding hydrogens is 346 g/mol. The summed E-state index contributed by atoms with van der Waals surface area (Å²) in [6.07, 6.45) is 6.60. The molecule has 1 aliphatic carbocycles. The summed E-state index contributed by atoms with van der Waals surface area (Å²) in [6.45, 7) is 1.77. The Hall–Kier alpha value is -2.88. The summed E-state index contributed by atoms with van der Waals surface area (Å²) in [7, 11) is 2.12. The van der Waals surface area contributed by atoms with E-state index in [9.17, 15) is 4.79 Å². The molecule has 2 fully saturated rings. The first-order chi connectivity index (χ1) is 13.2. The molecule has 2 unspecified atom stereocenters. The van der Waals surface area contributed by atoms with Crippen LogP contribution in [0, 0.1) is 11.8 Å². The number of carbonyl (C=O) groups excluding carboxylic acids is 1.